The minimum atomic E-state index is 1.06. The van der Waals surface area contributed by atoms with Crippen LogP contribution in [0.15, 0.2) is 18.7 Å². The molecule has 1 rings (SSSR count). The fourth-order valence-corrected chi connectivity index (χ4v) is 0.949. The third-order valence-corrected chi connectivity index (χ3v) is 1.63. The lowest BCUT2D eigenvalue weighted by Gasteiger charge is -2.05. The maximum atomic E-state index is 2.18. The molecule has 0 amide bonds. The molecule has 0 aliphatic rings. The molecule has 0 saturated heterocycles. The smallest absolute Gasteiger partial charge is 0.243 e. The highest BCUT2D eigenvalue weighted by Crippen LogP contribution is 1.78. The summed E-state index contributed by atoms with van der Waals surface area (Å²) in [6.45, 7) is 2.16. The van der Waals surface area contributed by atoms with E-state index in [-0.39, 0.29) is 0 Å². The Morgan fingerprint density at radius 3 is 2.64 bits per heavy atom. The predicted octanol–water partition coefficient (Wildman–Crippen LogP) is -0.126. The van der Waals surface area contributed by atoms with Crippen molar-refractivity contribution in [3.8, 4) is 0 Å². The summed E-state index contributed by atoms with van der Waals surface area (Å²) in [5.74, 6) is 0. The van der Waals surface area contributed by atoms with Gasteiger partial charge in [-0.1, -0.05) is 0 Å². The van der Waals surface area contributed by atoms with Crippen molar-refractivity contribution >= 4 is 0 Å². The van der Waals surface area contributed by atoms with Crippen LogP contribution < -0.4 is 4.57 Å². The summed E-state index contributed by atoms with van der Waals surface area (Å²) in [7, 11) is 6.21. The molecule has 0 saturated carbocycles. The highest BCUT2D eigenvalue weighted by atomic mass is 15.1. The van der Waals surface area contributed by atoms with E-state index in [1.165, 1.54) is 0 Å². The molecule has 0 atom stereocenters. The van der Waals surface area contributed by atoms with Gasteiger partial charge in [0.2, 0.25) is 6.33 Å². The normalized spacial score (nSPS) is 10.9. The second-order valence-electron chi connectivity index (χ2n) is 3.12. The predicted molar refractivity (Wildman–Crippen MR) is 44.2 cm³/mol. The van der Waals surface area contributed by atoms with Crippen LogP contribution in [0.25, 0.3) is 0 Å². The lowest BCUT2D eigenvalue weighted by atomic mass is 10.6. The zero-order valence-corrected chi connectivity index (χ0v) is 7.49. The van der Waals surface area contributed by atoms with Gasteiger partial charge in [-0.05, 0) is 14.1 Å². The third-order valence-electron chi connectivity index (χ3n) is 1.63. The van der Waals surface area contributed by atoms with Crippen molar-refractivity contribution in [2.45, 2.75) is 6.54 Å². The van der Waals surface area contributed by atoms with Gasteiger partial charge >= 0.3 is 0 Å². The SMILES string of the molecule is CN(C)CC[n+]1ccn(C)c1. The summed E-state index contributed by atoms with van der Waals surface area (Å²) in [6.07, 6.45) is 6.22. The molecule has 0 N–H and O–H groups in total. The number of aryl methyl sites for hydroxylation is 1. The van der Waals surface area contributed by atoms with Crippen molar-refractivity contribution in [1.82, 2.24) is 9.47 Å². The lowest BCUT2D eigenvalue weighted by molar-refractivity contribution is -0.695. The molecule has 0 spiro atoms. The first kappa shape index (κ1) is 8.27. The topological polar surface area (TPSA) is 12.1 Å². The van der Waals surface area contributed by atoms with Crippen LogP contribution in [0.5, 0.6) is 0 Å². The van der Waals surface area contributed by atoms with Gasteiger partial charge in [0.15, 0.2) is 0 Å². The fraction of sp³-hybridized carbons (Fsp3) is 0.625. The number of aromatic nitrogens is 2. The zero-order chi connectivity index (χ0) is 8.27. The van der Waals surface area contributed by atoms with Crippen molar-refractivity contribution in [3.63, 3.8) is 0 Å². The van der Waals surface area contributed by atoms with Gasteiger partial charge in [-0.2, -0.15) is 0 Å². The van der Waals surface area contributed by atoms with Crippen LogP contribution in [-0.2, 0) is 13.6 Å². The van der Waals surface area contributed by atoms with Crippen LogP contribution in [0.1, 0.15) is 0 Å². The molecule has 0 unspecified atom stereocenters. The van der Waals surface area contributed by atoms with E-state index in [4.69, 9.17) is 0 Å². The summed E-state index contributed by atoms with van der Waals surface area (Å²) >= 11 is 0. The minimum absolute atomic E-state index is 1.06. The molecule has 3 nitrogen and oxygen atoms in total. The van der Waals surface area contributed by atoms with Crippen molar-refractivity contribution in [3.05, 3.63) is 18.7 Å². The average molecular weight is 154 g/mol. The number of likely N-dealkylation sites (N-methyl/N-ethyl adjacent to an activating group) is 1. The summed E-state index contributed by atoms with van der Waals surface area (Å²) < 4.78 is 4.23. The quantitative estimate of drug-likeness (QED) is 0.553. The lowest BCUT2D eigenvalue weighted by Crippen LogP contribution is -2.36. The molecule has 0 aliphatic heterocycles. The summed E-state index contributed by atoms with van der Waals surface area (Å²) in [5, 5.41) is 0. The number of hydrogen-bond acceptors (Lipinski definition) is 1. The average Bonchev–Trinajstić information content (AvgIpc) is 2.31. The molecule has 1 aromatic heterocycles. The van der Waals surface area contributed by atoms with Gasteiger partial charge in [-0.3, -0.25) is 0 Å². The van der Waals surface area contributed by atoms with E-state index >= 15 is 0 Å². The maximum absolute atomic E-state index is 2.18. The Kier molecular flexibility index (Phi) is 2.65. The van der Waals surface area contributed by atoms with Crippen LogP contribution in [-0.4, -0.2) is 30.1 Å². The Hall–Kier alpha value is -0.830. The summed E-state index contributed by atoms with van der Waals surface area (Å²) in [4.78, 5) is 2.18. The Morgan fingerprint density at radius 2 is 2.18 bits per heavy atom. The van der Waals surface area contributed by atoms with Crippen molar-refractivity contribution in [2.24, 2.45) is 7.05 Å². The Balaban J connectivity index is 2.39. The van der Waals surface area contributed by atoms with Crippen LogP contribution in [0.3, 0.4) is 0 Å². The van der Waals surface area contributed by atoms with Gasteiger partial charge in [-0.25, -0.2) is 9.13 Å². The molecular formula is C8H16N3+. The molecule has 3 heteroatoms. The molecule has 1 aromatic rings. The first-order chi connectivity index (χ1) is 5.18. The van der Waals surface area contributed by atoms with E-state index in [2.05, 4.69) is 46.9 Å². The number of nitrogens with zero attached hydrogens (tertiary/aromatic N) is 3. The molecule has 0 aromatic carbocycles. The highest BCUT2D eigenvalue weighted by molar-refractivity contribution is 4.62. The van der Waals surface area contributed by atoms with Crippen molar-refractivity contribution in [1.29, 1.82) is 0 Å². The number of rotatable bonds is 3. The molecule has 1 heterocycles. The van der Waals surface area contributed by atoms with Crippen LogP contribution in [0, 0.1) is 0 Å². The van der Waals surface area contributed by atoms with Crippen LogP contribution in [0.4, 0.5) is 0 Å². The van der Waals surface area contributed by atoms with Gasteiger partial charge in [0.1, 0.15) is 18.9 Å². The third kappa shape index (κ3) is 2.72. The molecular weight excluding hydrogens is 138 g/mol. The second-order valence-corrected chi connectivity index (χ2v) is 3.12. The van der Waals surface area contributed by atoms with Crippen LogP contribution in [0.2, 0.25) is 0 Å². The Labute approximate surface area is 67.9 Å². The summed E-state index contributed by atoms with van der Waals surface area (Å²) in [6, 6.07) is 0. The fourth-order valence-electron chi connectivity index (χ4n) is 0.949. The van der Waals surface area contributed by atoms with E-state index in [1.807, 2.05) is 7.05 Å². The van der Waals surface area contributed by atoms with E-state index in [1.54, 1.807) is 0 Å². The largest absolute Gasteiger partial charge is 0.305 e. The first-order valence-corrected chi connectivity index (χ1v) is 3.84. The van der Waals surface area contributed by atoms with Gasteiger partial charge in [0.05, 0.1) is 7.05 Å². The molecule has 11 heavy (non-hydrogen) atoms. The van der Waals surface area contributed by atoms with Crippen molar-refractivity contribution < 1.29 is 4.57 Å². The second kappa shape index (κ2) is 3.53. The van der Waals surface area contributed by atoms with E-state index in [9.17, 15) is 0 Å². The summed E-state index contributed by atoms with van der Waals surface area (Å²) in [5.41, 5.74) is 0. The molecule has 0 radical (unpaired) electrons. The number of imidazole rings is 1. The van der Waals surface area contributed by atoms with Gasteiger partial charge < -0.3 is 4.90 Å². The molecule has 0 fully saturated rings. The Morgan fingerprint density at radius 1 is 1.45 bits per heavy atom. The van der Waals surface area contributed by atoms with Crippen molar-refractivity contribution in [2.75, 3.05) is 20.6 Å². The molecule has 0 aliphatic carbocycles. The first-order valence-electron chi connectivity index (χ1n) is 3.84. The van der Waals surface area contributed by atoms with E-state index in [0.29, 0.717) is 0 Å². The van der Waals surface area contributed by atoms with Gasteiger partial charge in [-0.15, -0.1) is 0 Å². The Bertz CT molecular complexity index is 215. The van der Waals surface area contributed by atoms with Crippen LogP contribution >= 0.6 is 0 Å². The standard InChI is InChI=1S/C8H16N3/c1-9(2)4-6-11-7-5-10(3)8-11/h5,7-8H,4,6H2,1-3H3/q+1. The van der Waals surface area contributed by atoms with E-state index in [0.717, 1.165) is 13.1 Å². The molecule has 62 valence electrons. The van der Waals surface area contributed by atoms with Gasteiger partial charge in [0, 0.05) is 6.54 Å². The molecule has 0 bridgehead atoms. The maximum Gasteiger partial charge on any atom is 0.243 e. The number of hydrogen-bond donors (Lipinski definition) is 0. The monoisotopic (exact) mass is 154 g/mol. The van der Waals surface area contributed by atoms with E-state index < -0.39 is 0 Å². The van der Waals surface area contributed by atoms with Gasteiger partial charge in [0.25, 0.3) is 0 Å². The highest BCUT2D eigenvalue weighted by Gasteiger charge is 1.98. The zero-order valence-electron chi connectivity index (χ0n) is 7.49. The minimum Gasteiger partial charge on any atom is -0.305 e.